The highest BCUT2D eigenvalue weighted by Gasteiger charge is 2.43. The Morgan fingerprint density at radius 3 is 2.19 bits per heavy atom. The summed E-state index contributed by atoms with van der Waals surface area (Å²) in [4.78, 5) is 16.1. The number of allylic oxidation sites excluding steroid dienone is 2. The Labute approximate surface area is 192 Å². The molecule has 1 heterocycles. The summed E-state index contributed by atoms with van der Waals surface area (Å²) >= 11 is 0. The summed E-state index contributed by atoms with van der Waals surface area (Å²) in [6.07, 6.45) is 8.98. The zero-order valence-corrected chi connectivity index (χ0v) is 19.5. The van der Waals surface area contributed by atoms with Gasteiger partial charge < -0.3 is 5.11 Å². The Morgan fingerprint density at radius 2 is 1.59 bits per heavy atom. The van der Waals surface area contributed by atoms with E-state index in [4.69, 9.17) is 0 Å². The van der Waals surface area contributed by atoms with Gasteiger partial charge in [-0.25, -0.2) is 0 Å². The molecule has 1 aliphatic carbocycles. The molecule has 0 unspecified atom stereocenters. The van der Waals surface area contributed by atoms with Crippen LogP contribution in [0.15, 0.2) is 61.7 Å². The minimum atomic E-state index is -0.524. The van der Waals surface area contributed by atoms with Gasteiger partial charge in [0.2, 0.25) is 0 Å². The van der Waals surface area contributed by atoms with E-state index in [0.717, 1.165) is 49.9 Å². The second-order valence-electron chi connectivity index (χ2n) is 9.80. The number of aliphatic hydroxyl groups is 1. The number of rotatable bonds is 8. The molecule has 1 aliphatic heterocycles. The maximum Gasteiger partial charge on any atom is 0.182 e. The van der Waals surface area contributed by atoms with Crippen LogP contribution in [-0.4, -0.2) is 34.4 Å². The van der Waals surface area contributed by atoms with Crippen molar-refractivity contribution in [1.82, 2.24) is 4.90 Å². The first kappa shape index (κ1) is 22.7. The van der Waals surface area contributed by atoms with Crippen LogP contribution in [0.3, 0.4) is 0 Å². The first-order chi connectivity index (χ1) is 15.4. The van der Waals surface area contributed by atoms with Crippen molar-refractivity contribution >= 4 is 5.78 Å². The third kappa shape index (κ3) is 3.58. The van der Waals surface area contributed by atoms with E-state index >= 15 is 0 Å². The fourth-order valence-corrected chi connectivity index (χ4v) is 5.75. The summed E-state index contributed by atoms with van der Waals surface area (Å²) in [6.45, 7) is 14.2. The highest BCUT2D eigenvalue weighted by Crippen LogP contribution is 2.53. The van der Waals surface area contributed by atoms with Crippen LogP contribution in [0.1, 0.15) is 73.0 Å². The van der Waals surface area contributed by atoms with Gasteiger partial charge in [0.05, 0.1) is 12.1 Å². The Balaban J connectivity index is 1.83. The monoisotopic (exact) mass is 429 g/mol. The number of aliphatic hydroxyl groups excluding tert-OH is 1. The average molecular weight is 430 g/mol. The summed E-state index contributed by atoms with van der Waals surface area (Å²) in [6, 6.07) is 12.4. The topological polar surface area (TPSA) is 40.5 Å². The van der Waals surface area contributed by atoms with Gasteiger partial charge in [-0.15, -0.1) is 13.2 Å². The van der Waals surface area contributed by atoms with Crippen LogP contribution in [0, 0.1) is 0 Å². The molecule has 1 N–H and O–H groups in total. The van der Waals surface area contributed by atoms with Gasteiger partial charge in [-0.3, -0.25) is 9.69 Å². The molecular formula is C29H35NO2. The fraction of sp³-hybridized carbons (Fsp3) is 0.414. The Bertz CT molecular complexity index is 1030. The number of hydrogen-bond donors (Lipinski definition) is 1. The van der Waals surface area contributed by atoms with E-state index in [-0.39, 0.29) is 17.8 Å². The van der Waals surface area contributed by atoms with Crippen molar-refractivity contribution in [2.75, 3.05) is 13.1 Å². The Morgan fingerprint density at radius 1 is 1.00 bits per heavy atom. The molecule has 1 fully saturated rings. The van der Waals surface area contributed by atoms with E-state index in [2.05, 4.69) is 56.2 Å². The molecule has 32 heavy (non-hydrogen) atoms. The second-order valence-corrected chi connectivity index (χ2v) is 9.80. The lowest BCUT2D eigenvalue weighted by molar-refractivity contribution is 0.0579. The number of ketones is 1. The smallest absolute Gasteiger partial charge is 0.182 e. The van der Waals surface area contributed by atoms with E-state index in [1.165, 1.54) is 28.7 Å². The SMILES string of the molecule is C=CCC1(CC=C)c2cc(CO)ccc2-c2ccc(C(=O)C(C)(C)N3CCCCC3)cc21. The van der Waals surface area contributed by atoms with Crippen molar-refractivity contribution in [3.8, 4) is 11.1 Å². The number of Topliss-reactive ketones (excluding diaryl/α,β-unsaturated/α-hetero) is 1. The van der Waals surface area contributed by atoms with Gasteiger partial charge in [0, 0.05) is 11.0 Å². The zero-order chi connectivity index (χ0) is 22.9. The van der Waals surface area contributed by atoms with E-state index in [1.807, 2.05) is 24.3 Å². The molecule has 3 heteroatoms. The van der Waals surface area contributed by atoms with Crippen LogP contribution < -0.4 is 0 Å². The van der Waals surface area contributed by atoms with Crippen LogP contribution in [0.5, 0.6) is 0 Å². The number of carbonyl (C=O) groups is 1. The van der Waals surface area contributed by atoms with Crippen molar-refractivity contribution in [2.24, 2.45) is 0 Å². The van der Waals surface area contributed by atoms with Gasteiger partial charge >= 0.3 is 0 Å². The Kier molecular flexibility index (Phi) is 6.24. The highest BCUT2D eigenvalue weighted by atomic mass is 16.3. The molecule has 2 aromatic rings. The van der Waals surface area contributed by atoms with Crippen LogP contribution in [-0.2, 0) is 12.0 Å². The predicted octanol–water partition coefficient (Wildman–Crippen LogP) is 6.04. The number of carbonyl (C=O) groups excluding carboxylic acids is 1. The lowest BCUT2D eigenvalue weighted by atomic mass is 9.72. The van der Waals surface area contributed by atoms with Gasteiger partial charge in [-0.1, -0.05) is 48.9 Å². The predicted molar refractivity (Wildman–Crippen MR) is 132 cm³/mol. The van der Waals surface area contributed by atoms with Gasteiger partial charge in [-0.05, 0) is 86.5 Å². The lowest BCUT2D eigenvalue weighted by Gasteiger charge is -2.40. The first-order valence-electron chi connectivity index (χ1n) is 11.8. The van der Waals surface area contributed by atoms with Gasteiger partial charge in [-0.2, -0.15) is 0 Å². The van der Waals surface area contributed by atoms with Gasteiger partial charge in [0.25, 0.3) is 0 Å². The molecule has 0 saturated carbocycles. The van der Waals surface area contributed by atoms with E-state index in [0.29, 0.717) is 0 Å². The van der Waals surface area contributed by atoms with Crippen molar-refractivity contribution in [1.29, 1.82) is 0 Å². The summed E-state index contributed by atoms with van der Waals surface area (Å²) < 4.78 is 0. The van der Waals surface area contributed by atoms with Gasteiger partial charge in [0.15, 0.2) is 5.78 Å². The van der Waals surface area contributed by atoms with Crippen LogP contribution in [0.2, 0.25) is 0 Å². The molecule has 0 spiro atoms. The molecule has 2 aliphatic rings. The standard InChI is InChI=1S/C29H35NO2/c1-5-14-29(15-6-2)25-18-21(20-31)10-12-23(25)24-13-11-22(19-26(24)29)27(32)28(3,4)30-16-8-7-9-17-30/h5-6,10-13,18-19,31H,1-2,7-9,14-17,20H2,3-4H3. The molecule has 1 saturated heterocycles. The highest BCUT2D eigenvalue weighted by molar-refractivity contribution is 6.03. The summed E-state index contributed by atoms with van der Waals surface area (Å²) in [5.41, 5.74) is 5.54. The van der Waals surface area contributed by atoms with Crippen molar-refractivity contribution in [3.05, 3.63) is 84.0 Å². The summed E-state index contributed by atoms with van der Waals surface area (Å²) in [5.74, 6) is 0.181. The number of fused-ring (bicyclic) bond motifs is 3. The van der Waals surface area contributed by atoms with Crippen LogP contribution in [0.25, 0.3) is 11.1 Å². The van der Waals surface area contributed by atoms with Crippen molar-refractivity contribution < 1.29 is 9.90 Å². The quantitative estimate of drug-likeness (QED) is 0.410. The molecule has 168 valence electrons. The third-order valence-electron chi connectivity index (χ3n) is 7.56. The lowest BCUT2D eigenvalue weighted by Crippen LogP contribution is -2.52. The van der Waals surface area contributed by atoms with Crippen molar-refractivity contribution in [2.45, 2.75) is 63.5 Å². The normalized spacial score (nSPS) is 17.5. The molecule has 0 amide bonds. The van der Waals surface area contributed by atoms with E-state index < -0.39 is 5.54 Å². The minimum absolute atomic E-state index is 0.00957. The molecule has 4 rings (SSSR count). The van der Waals surface area contributed by atoms with Gasteiger partial charge in [0.1, 0.15) is 0 Å². The zero-order valence-electron chi connectivity index (χ0n) is 19.5. The Hall–Kier alpha value is -2.49. The summed E-state index contributed by atoms with van der Waals surface area (Å²) in [7, 11) is 0. The average Bonchev–Trinajstić information content (AvgIpc) is 3.08. The molecule has 0 radical (unpaired) electrons. The molecule has 0 aromatic heterocycles. The first-order valence-corrected chi connectivity index (χ1v) is 11.8. The number of likely N-dealkylation sites (tertiary alicyclic amines) is 1. The largest absolute Gasteiger partial charge is 0.392 e. The maximum absolute atomic E-state index is 13.8. The third-order valence-corrected chi connectivity index (χ3v) is 7.56. The number of nitrogens with zero attached hydrogens (tertiary/aromatic N) is 1. The molecule has 0 bridgehead atoms. The molecule has 0 atom stereocenters. The van der Waals surface area contributed by atoms with Crippen molar-refractivity contribution in [3.63, 3.8) is 0 Å². The van der Waals surface area contributed by atoms with Crippen LogP contribution >= 0.6 is 0 Å². The number of benzene rings is 2. The maximum atomic E-state index is 13.8. The van der Waals surface area contributed by atoms with E-state index in [1.54, 1.807) is 0 Å². The second kappa shape index (κ2) is 8.80. The number of piperidine rings is 1. The molecule has 2 aromatic carbocycles. The molecule has 3 nitrogen and oxygen atoms in total. The molecular weight excluding hydrogens is 394 g/mol. The van der Waals surface area contributed by atoms with E-state index in [9.17, 15) is 9.90 Å². The summed E-state index contributed by atoms with van der Waals surface area (Å²) in [5, 5.41) is 9.76. The number of hydrogen-bond acceptors (Lipinski definition) is 3. The fourth-order valence-electron chi connectivity index (χ4n) is 5.75. The van der Waals surface area contributed by atoms with Crippen LogP contribution in [0.4, 0.5) is 0 Å². The minimum Gasteiger partial charge on any atom is -0.392 e.